The first kappa shape index (κ1) is 16.6. The molecular formula is C21H25NO3. The lowest BCUT2D eigenvalue weighted by molar-refractivity contribution is 0.101. The van der Waals surface area contributed by atoms with Crippen molar-refractivity contribution in [3.8, 4) is 5.75 Å². The predicted molar refractivity (Wildman–Crippen MR) is 100 cm³/mol. The van der Waals surface area contributed by atoms with Crippen molar-refractivity contribution in [2.24, 2.45) is 5.92 Å². The summed E-state index contributed by atoms with van der Waals surface area (Å²) in [5.74, 6) is 1.22. The first-order valence-corrected chi connectivity index (χ1v) is 9.12. The fourth-order valence-electron chi connectivity index (χ4n) is 3.50. The van der Waals surface area contributed by atoms with Gasteiger partial charge in [-0.1, -0.05) is 36.4 Å². The normalized spacial score (nSPS) is 19.4. The van der Waals surface area contributed by atoms with E-state index in [0.717, 1.165) is 25.3 Å². The molecule has 132 valence electrons. The molecule has 2 aromatic carbocycles. The van der Waals surface area contributed by atoms with Crippen LogP contribution in [-0.2, 0) is 9.47 Å². The van der Waals surface area contributed by atoms with Crippen molar-refractivity contribution in [1.82, 2.24) is 5.32 Å². The third kappa shape index (κ3) is 3.87. The van der Waals surface area contributed by atoms with Gasteiger partial charge in [0.15, 0.2) is 0 Å². The first-order valence-electron chi connectivity index (χ1n) is 9.12. The minimum atomic E-state index is 0.284. The Labute approximate surface area is 148 Å². The molecule has 4 nitrogen and oxygen atoms in total. The molecule has 0 amide bonds. The molecule has 1 saturated heterocycles. The highest BCUT2D eigenvalue weighted by molar-refractivity contribution is 5.97. The summed E-state index contributed by atoms with van der Waals surface area (Å²) in [7, 11) is 0. The van der Waals surface area contributed by atoms with Crippen LogP contribution in [0.3, 0.4) is 0 Å². The van der Waals surface area contributed by atoms with Crippen molar-refractivity contribution in [3.05, 3.63) is 48.0 Å². The first-order chi connectivity index (χ1) is 12.4. The summed E-state index contributed by atoms with van der Waals surface area (Å²) in [6.07, 6.45) is 3.43. The van der Waals surface area contributed by atoms with Crippen LogP contribution >= 0.6 is 0 Å². The minimum absolute atomic E-state index is 0.284. The zero-order valence-electron chi connectivity index (χ0n) is 14.5. The van der Waals surface area contributed by atoms with E-state index in [0.29, 0.717) is 33.0 Å². The lowest BCUT2D eigenvalue weighted by Crippen LogP contribution is -2.21. The summed E-state index contributed by atoms with van der Waals surface area (Å²) < 4.78 is 17.3. The van der Waals surface area contributed by atoms with Gasteiger partial charge in [0, 0.05) is 17.8 Å². The van der Waals surface area contributed by atoms with Gasteiger partial charge in [-0.3, -0.25) is 0 Å². The lowest BCUT2D eigenvalue weighted by Gasteiger charge is -2.19. The van der Waals surface area contributed by atoms with E-state index in [1.165, 1.54) is 21.9 Å². The van der Waals surface area contributed by atoms with Crippen LogP contribution < -0.4 is 10.1 Å². The Kier molecular flexibility index (Phi) is 5.31. The molecule has 4 rings (SSSR count). The summed E-state index contributed by atoms with van der Waals surface area (Å²) in [6.45, 7) is 5.38. The number of benzene rings is 2. The maximum Gasteiger partial charge on any atom is 0.127 e. The molecule has 1 fully saturated rings. The number of fused-ring (bicyclic) bond motifs is 1. The maximum atomic E-state index is 6.16. The molecule has 0 unspecified atom stereocenters. The van der Waals surface area contributed by atoms with Crippen molar-refractivity contribution in [3.63, 3.8) is 0 Å². The molecule has 0 bridgehead atoms. The van der Waals surface area contributed by atoms with Gasteiger partial charge in [-0.15, -0.1) is 0 Å². The van der Waals surface area contributed by atoms with E-state index in [1.807, 2.05) is 0 Å². The third-order valence-corrected chi connectivity index (χ3v) is 4.81. The van der Waals surface area contributed by atoms with Crippen molar-refractivity contribution >= 4 is 16.3 Å². The SMILES string of the molecule is C1=C(c2ccc(OCC3COCCOC3)c3ccccc23)CNCC1. The number of rotatable bonds is 4. The zero-order valence-corrected chi connectivity index (χ0v) is 14.5. The largest absolute Gasteiger partial charge is 0.492 e. The topological polar surface area (TPSA) is 39.7 Å². The second kappa shape index (κ2) is 8.00. The molecule has 0 aromatic heterocycles. The molecule has 2 aliphatic rings. The smallest absolute Gasteiger partial charge is 0.127 e. The van der Waals surface area contributed by atoms with Gasteiger partial charge >= 0.3 is 0 Å². The highest BCUT2D eigenvalue weighted by atomic mass is 16.5. The van der Waals surface area contributed by atoms with Crippen LogP contribution in [0.1, 0.15) is 12.0 Å². The predicted octanol–water partition coefficient (Wildman–Crippen LogP) is 3.26. The van der Waals surface area contributed by atoms with E-state index in [9.17, 15) is 0 Å². The number of ether oxygens (including phenoxy) is 3. The quantitative estimate of drug-likeness (QED) is 0.928. The Balaban J connectivity index is 1.58. The summed E-state index contributed by atoms with van der Waals surface area (Å²) >= 11 is 0. The molecule has 0 spiro atoms. The molecule has 25 heavy (non-hydrogen) atoms. The number of nitrogens with one attached hydrogen (secondary N) is 1. The zero-order chi connectivity index (χ0) is 16.9. The van der Waals surface area contributed by atoms with Crippen LogP contribution in [0.25, 0.3) is 16.3 Å². The van der Waals surface area contributed by atoms with Gasteiger partial charge in [-0.05, 0) is 35.6 Å². The molecule has 2 aliphatic heterocycles. The van der Waals surface area contributed by atoms with Crippen molar-refractivity contribution < 1.29 is 14.2 Å². The molecule has 0 saturated carbocycles. The Morgan fingerprint density at radius 1 is 1.00 bits per heavy atom. The number of hydrogen-bond donors (Lipinski definition) is 1. The monoisotopic (exact) mass is 339 g/mol. The second-order valence-corrected chi connectivity index (χ2v) is 6.68. The molecule has 4 heteroatoms. The number of hydrogen-bond acceptors (Lipinski definition) is 4. The maximum absolute atomic E-state index is 6.16. The van der Waals surface area contributed by atoms with Crippen molar-refractivity contribution in [1.29, 1.82) is 0 Å². The van der Waals surface area contributed by atoms with Gasteiger partial charge in [0.05, 0.1) is 33.0 Å². The van der Waals surface area contributed by atoms with Gasteiger partial charge in [-0.2, -0.15) is 0 Å². The Hall–Kier alpha value is -1.88. The average Bonchev–Trinajstić information content (AvgIpc) is 2.95. The molecule has 2 heterocycles. The third-order valence-electron chi connectivity index (χ3n) is 4.81. The van der Waals surface area contributed by atoms with Gasteiger partial charge in [-0.25, -0.2) is 0 Å². The van der Waals surface area contributed by atoms with E-state index < -0.39 is 0 Å². The summed E-state index contributed by atoms with van der Waals surface area (Å²) in [4.78, 5) is 0. The highest BCUT2D eigenvalue weighted by Gasteiger charge is 2.16. The van der Waals surface area contributed by atoms with Crippen LogP contribution in [0, 0.1) is 5.92 Å². The van der Waals surface area contributed by atoms with Gasteiger partial charge in [0.25, 0.3) is 0 Å². The Morgan fingerprint density at radius 3 is 2.56 bits per heavy atom. The van der Waals surface area contributed by atoms with Crippen LogP contribution in [-0.4, -0.2) is 46.1 Å². The Bertz CT molecular complexity index is 748. The van der Waals surface area contributed by atoms with E-state index in [1.54, 1.807) is 0 Å². The summed E-state index contributed by atoms with van der Waals surface area (Å²) in [5.41, 5.74) is 2.68. The van der Waals surface area contributed by atoms with Gasteiger partial charge in [0.1, 0.15) is 5.75 Å². The van der Waals surface area contributed by atoms with E-state index in [4.69, 9.17) is 14.2 Å². The molecular weight excluding hydrogens is 314 g/mol. The van der Waals surface area contributed by atoms with Crippen molar-refractivity contribution in [2.75, 3.05) is 46.1 Å². The molecule has 0 aliphatic carbocycles. The van der Waals surface area contributed by atoms with Gasteiger partial charge in [0.2, 0.25) is 0 Å². The van der Waals surface area contributed by atoms with Crippen LogP contribution in [0.4, 0.5) is 0 Å². The van der Waals surface area contributed by atoms with E-state index in [-0.39, 0.29) is 5.92 Å². The van der Waals surface area contributed by atoms with Crippen LogP contribution in [0.15, 0.2) is 42.5 Å². The van der Waals surface area contributed by atoms with Crippen LogP contribution in [0.5, 0.6) is 5.75 Å². The van der Waals surface area contributed by atoms with E-state index in [2.05, 4.69) is 47.8 Å². The second-order valence-electron chi connectivity index (χ2n) is 6.68. The standard InChI is InChI=1S/C21H25NO3/c1-2-6-20-19(5-1)18(17-4-3-9-22-12-17)7-8-21(20)25-15-16-13-23-10-11-24-14-16/h1-2,4-8,16,22H,3,9-15H2. The summed E-state index contributed by atoms with van der Waals surface area (Å²) in [5, 5.41) is 5.88. The fraction of sp³-hybridized carbons (Fsp3) is 0.429. The molecule has 2 aromatic rings. The summed E-state index contributed by atoms with van der Waals surface area (Å²) in [6, 6.07) is 12.8. The van der Waals surface area contributed by atoms with Gasteiger partial charge < -0.3 is 19.5 Å². The molecule has 0 atom stereocenters. The Morgan fingerprint density at radius 2 is 1.80 bits per heavy atom. The molecule has 1 N–H and O–H groups in total. The molecule has 0 radical (unpaired) electrons. The minimum Gasteiger partial charge on any atom is -0.492 e. The average molecular weight is 339 g/mol. The highest BCUT2D eigenvalue weighted by Crippen LogP contribution is 2.33. The van der Waals surface area contributed by atoms with Crippen molar-refractivity contribution in [2.45, 2.75) is 6.42 Å². The van der Waals surface area contributed by atoms with E-state index >= 15 is 0 Å². The van der Waals surface area contributed by atoms with Crippen LogP contribution in [0.2, 0.25) is 0 Å². The lowest BCUT2D eigenvalue weighted by atomic mass is 9.95. The fourth-order valence-corrected chi connectivity index (χ4v) is 3.50.